The highest BCUT2D eigenvalue weighted by Gasteiger charge is 2.41. The number of halogens is 1. The molecule has 0 saturated heterocycles. The Hall–Kier alpha value is -1.43. The third-order valence-corrected chi connectivity index (χ3v) is 6.18. The van der Waals surface area contributed by atoms with Crippen molar-refractivity contribution >= 4 is 21.6 Å². The van der Waals surface area contributed by atoms with Crippen LogP contribution in [-0.4, -0.2) is 24.7 Å². The Morgan fingerprint density at radius 1 is 1.17 bits per heavy atom. The molecule has 3 rings (SSSR count). The predicted molar refractivity (Wildman–Crippen MR) is 93.0 cm³/mol. The van der Waals surface area contributed by atoms with Gasteiger partial charge in [0.05, 0.1) is 16.0 Å². The van der Waals surface area contributed by atoms with Gasteiger partial charge in [-0.25, -0.2) is 13.1 Å². The lowest BCUT2D eigenvalue weighted by Gasteiger charge is -2.09. The number of pyridine rings is 1. The van der Waals surface area contributed by atoms with Gasteiger partial charge in [0.1, 0.15) is 0 Å². The van der Waals surface area contributed by atoms with Gasteiger partial charge in [0.25, 0.3) is 0 Å². The standard InChI is InChI=1S/C17H19ClN2O2S/c1-11(2)23(21,22)20-17-9-15(17)12-3-5-13(6-4-12)16-8-7-14(18)10-19-16/h3-8,10-11,15,17,20H,9H2,1-2H3/t15-,17+/m1/s1. The summed E-state index contributed by atoms with van der Waals surface area (Å²) in [5.41, 5.74) is 3.04. The summed E-state index contributed by atoms with van der Waals surface area (Å²) in [7, 11) is -3.20. The lowest BCUT2D eigenvalue weighted by atomic mass is 10.1. The second-order valence-corrected chi connectivity index (χ2v) is 8.85. The molecule has 1 aliphatic carbocycles. The fraction of sp³-hybridized carbons (Fsp3) is 0.353. The van der Waals surface area contributed by atoms with Crippen molar-refractivity contribution in [2.24, 2.45) is 0 Å². The highest BCUT2D eigenvalue weighted by molar-refractivity contribution is 7.90. The molecular weight excluding hydrogens is 332 g/mol. The first kappa shape index (κ1) is 16.4. The molecule has 1 aromatic carbocycles. The summed E-state index contributed by atoms with van der Waals surface area (Å²) in [6.07, 6.45) is 2.48. The van der Waals surface area contributed by atoms with Crippen LogP contribution >= 0.6 is 11.6 Å². The van der Waals surface area contributed by atoms with Gasteiger partial charge in [0.2, 0.25) is 10.0 Å². The van der Waals surface area contributed by atoms with E-state index in [1.54, 1.807) is 20.0 Å². The average molecular weight is 351 g/mol. The van der Waals surface area contributed by atoms with Gasteiger partial charge in [-0.3, -0.25) is 4.98 Å². The van der Waals surface area contributed by atoms with Crippen molar-refractivity contribution in [1.29, 1.82) is 0 Å². The number of nitrogens with zero attached hydrogens (tertiary/aromatic N) is 1. The molecule has 2 aromatic rings. The zero-order valence-electron chi connectivity index (χ0n) is 13.0. The van der Waals surface area contributed by atoms with Crippen LogP contribution in [0.4, 0.5) is 0 Å². The van der Waals surface area contributed by atoms with E-state index in [2.05, 4.69) is 9.71 Å². The van der Waals surface area contributed by atoms with Crippen LogP contribution < -0.4 is 4.72 Å². The van der Waals surface area contributed by atoms with E-state index in [9.17, 15) is 8.42 Å². The molecule has 1 saturated carbocycles. The molecule has 0 radical (unpaired) electrons. The Bertz CT molecular complexity index is 786. The van der Waals surface area contributed by atoms with E-state index in [1.165, 1.54) is 0 Å². The maximum atomic E-state index is 11.9. The lowest BCUT2D eigenvalue weighted by Crippen LogP contribution is -2.33. The second-order valence-electron chi connectivity index (χ2n) is 6.14. The van der Waals surface area contributed by atoms with E-state index in [0.29, 0.717) is 5.02 Å². The molecule has 0 bridgehead atoms. The van der Waals surface area contributed by atoms with Crippen LogP contribution in [0, 0.1) is 0 Å². The first-order valence-electron chi connectivity index (χ1n) is 7.60. The largest absolute Gasteiger partial charge is 0.255 e. The molecule has 0 spiro atoms. The van der Waals surface area contributed by atoms with E-state index in [1.807, 2.05) is 36.4 Å². The molecule has 6 heteroatoms. The number of hydrogen-bond donors (Lipinski definition) is 1. The molecule has 0 aliphatic heterocycles. The van der Waals surface area contributed by atoms with Crippen molar-refractivity contribution in [3.05, 3.63) is 53.2 Å². The molecule has 1 aromatic heterocycles. The quantitative estimate of drug-likeness (QED) is 0.896. The molecule has 1 N–H and O–H groups in total. The van der Waals surface area contributed by atoms with Crippen molar-refractivity contribution in [2.75, 3.05) is 0 Å². The van der Waals surface area contributed by atoms with Crippen molar-refractivity contribution < 1.29 is 8.42 Å². The zero-order chi connectivity index (χ0) is 16.6. The summed E-state index contributed by atoms with van der Waals surface area (Å²) in [4.78, 5) is 4.30. The van der Waals surface area contributed by atoms with Crippen LogP contribution in [0.25, 0.3) is 11.3 Å². The number of benzene rings is 1. The van der Waals surface area contributed by atoms with E-state index in [-0.39, 0.29) is 12.0 Å². The van der Waals surface area contributed by atoms with Crippen LogP contribution in [0.5, 0.6) is 0 Å². The number of rotatable bonds is 5. The van der Waals surface area contributed by atoms with Gasteiger partial charge in [0, 0.05) is 23.7 Å². The Morgan fingerprint density at radius 2 is 1.87 bits per heavy atom. The van der Waals surface area contributed by atoms with Gasteiger partial charge in [-0.05, 0) is 38.0 Å². The summed E-state index contributed by atoms with van der Waals surface area (Å²) < 4.78 is 26.6. The van der Waals surface area contributed by atoms with E-state index < -0.39 is 15.3 Å². The zero-order valence-corrected chi connectivity index (χ0v) is 14.6. The molecule has 4 nitrogen and oxygen atoms in total. The molecule has 1 heterocycles. The minimum absolute atomic E-state index is 0.0157. The molecule has 2 atom stereocenters. The Balaban J connectivity index is 1.69. The molecular formula is C17H19ClN2O2S. The van der Waals surface area contributed by atoms with Gasteiger partial charge in [-0.2, -0.15) is 0 Å². The van der Waals surface area contributed by atoms with Gasteiger partial charge >= 0.3 is 0 Å². The molecule has 1 fully saturated rings. The SMILES string of the molecule is CC(C)S(=O)(=O)N[C@H]1C[C@@H]1c1ccc(-c2ccc(Cl)cn2)cc1. The summed E-state index contributed by atoms with van der Waals surface area (Å²) in [5.74, 6) is 0.260. The average Bonchev–Trinajstić information content (AvgIpc) is 3.26. The molecule has 122 valence electrons. The van der Waals surface area contributed by atoms with Crippen LogP contribution in [0.15, 0.2) is 42.6 Å². The minimum atomic E-state index is -3.20. The van der Waals surface area contributed by atoms with E-state index in [4.69, 9.17) is 11.6 Å². The van der Waals surface area contributed by atoms with Crippen LogP contribution in [0.2, 0.25) is 5.02 Å². The topological polar surface area (TPSA) is 59.1 Å². The fourth-order valence-corrected chi connectivity index (χ4v) is 3.55. The van der Waals surface area contributed by atoms with E-state index >= 15 is 0 Å². The predicted octanol–water partition coefficient (Wildman–Crippen LogP) is 3.59. The summed E-state index contributed by atoms with van der Waals surface area (Å²) in [6.45, 7) is 3.38. The molecule has 0 unspecified atom stereocenters. The third kappa shape index (κ3) is 3.74. The number of sulfonamides is 1. The second kappa shape index (κ2) is 6.23. The highest BCUT2D eigenvalue weighted by atomic mass is 35.5. The van der Waals surface area contributed by atoms with Crippen molar-refractivity contribution in [3.63, 3.8) is 0 Å². The van der Waals surface area contributed by atoms with Gasteiger partial charge < -0.3 is 0 Å². The molecule has 1 aliphatic rings. The summed E-state index contributed by atoms with van der Waals surface area (Å²) >= 11 is 5.85. The first-order chi connectivity index (χ1) is 10.9. The minimum Gasteiger partial charge on any atom is -0.255 e. The van der Waals surface area contributed by atoms with Gasteiger partial charge in [-0.15, -0.1) is 0 Å². The highest BCUT2D eigenvalue weighted by Crippen LogP contribution is 2.41. The summed E-state index contributed by atoms with van der Waals surface area (Å²) in [6, 6.07) is 11.8. The molecule has 0 amide bonds. The van der Waals surface area contributed by atoms with E-state index in [0.717, 1.165) is 23.2 Å². The lowest BCUT2D eigenvalue weighted by molar-refractivity contribution is 0.571. The van der Waals surface area contributed by atoms with Crippen molar-refractivity contribution in [3.8, 4) is 11.3 Å². The first-order valence-corrected chi connectivity index (χ1v) is 9.52. The normalized spacial score (nSPS) is 20.7. The van der Waals surface area contributed by atoms with Crippen LogP contribution in [-0.2, 0) is 10.0 Å². The van der Waals surface area contributed by atoms with Crippen LogP contribution in [0.1, 0.15) is 31.7 Å². The Morgan fingerprint density at radius 3 is 2.43 bits per heavy atom. The van der Waals surface area contributed by atoms with Gasteiger partial charge in [-0.1, -0.05) is 35.9 Å². The van der Waals surface area contributed by atoms with Gasteiger partial charge in [0.15, 0.2) is 0 Å². The van der Waals surface area contributed by atoms with Crippen LogP contribution in [0.3, 0.4) is 0 Å². The Kier molecular flexibility index (Phi) is 4.45. The van der Waals surface area contributed by atoms with Crippen molar-refractivity contribution in [1.82, 2.24) is 9.71 Å². The maximum absolute atomic E-state index is 11.9. The van der Waals surface area contributed by atoms with Crippen molar-refractivity contribution in [2.45, 2.75) is 37.5 Å². The number of hydrogen-bond acceptors (Lipinski definition) is 3. The number of nitrogens with one attached hydrogen (secondary N) is 1. The number of aromatic nitrogens is 1. The Labute approximate surface area is 142 Å². The summed E-state index contributed by atoms with van der Waals surface area (Å²) in [5, 5.41) is 0.214. The monoisotopic (exact) mass is 350 g/mol. The maximum Gasteiger partial charge on any atom is 0.214 e. The smallest absolute Gasteiger partial charge is 0.214 e. The third-order valence-electron chi connectivity index (χ3n) is 4.09. The fourth-order valence-electron chi connectivity index (χ4n) is 2.49. The molecule has 23 heavy (non-hydrogen) atoms.